The van der Waals surface area contributed by atoms with Crippen LogP contribution in [0.25, 0.3) is 0 Å². The zero-order chi connectivity index (χ0) is 14.9. The number of nitrogens with zero attached hydrogens (tertiary/aromatic N) is 2. The van der Waals surface area contributed by atoms with Gasteiger partial charge >= 0.3 is 0 Å². The van der Waals surface area contributed by atoms with E-state index >= 15 is 0 Å². The fourth-order valence-corrected chi connectivity index (χ4v) is 5.10. The minimum absolute atomic E-state index is 0.182. The molecule has 2 atom stereocenters. The number of hydrogen-bond donors (Lipinski definition) is 1. The van der Waals surface area contributed by atoms with Crippen molar-refractivity contribution in [1.82, 2.24) is 4.72 Å². The number of halogens is 1. The minimum Gasteiger partial charge on any atom is -0.258 e. The van der Waals surface area contributed by atoms with Gasteiger partial charge in [0.2, 0.25) is 0 Å². The number of nitriles is 1. The van der Waals surface area contributed by atoms with Gasteiger partial charge in [-0.15, -0.1) is 11.3 Å². The summed E-state index contributed by atoms with van der Waals surface area (Å²) in [5.41, 5.74) is -0.430. The number of rotatable bonds is 4. The first-order chi connectivity index (χ1) is 9.35. The fraction of sp³-hybridized carbons (Fsp3) is 0.500. The third-order valence-electron chi connectivity index (χ3n) is 3.10. The molecule has 1 heterocycles. The van der Waals surface area contributed by atoms with E-state index in [0.717, 1.165) is 12.5 Å². The van der Waals surface area contributed by atoms with Crippen LogP contribution in [0, 0.1) is 27.4 Å². The van der Waals surface area contributed by atoms with E-state index in [9.17, 15) is 18.5 Å². The smallest absolute Gasteiger partial charge is 0.258 e. The second-order valence-electron chi connectivity index (χ2n) is 4.38. The number of sulfonamides is 1. The summed E-state index contributed by atoms with van der Waals surface area (Å²) >= 11 is 6.28. The highest BCUT2D eigenvalue weighted by atomic mass is 35.5. The molecular formula is C10H10ClN3O4S2. The zero-order valence-corrected chi connectivity index (χ0v) is 12.5. The van der Waals surface area contributed by atoms with Crippen LogP contribution in [0.1, 0.15) is 19.3 Å². The van der Waals surface area contributed by atoms with Crippen molar-refractivity contribution < 1.29 is 13.3 Å². The lowest BCUT2D eigenvalue weighted by atomic mass is 10.1. The maximum Gasteiger partial charge on any atom is 0.300 e. The SMILES string of the molecule is N#CC1CCCC1NS(=O)(=O)c1cc([N+](=O)[O-])c(Cl)s1. The summed E-state index contributed by atoms with van der Waals surface area (Å²) in [6.45, 7) is 0. The number of thiophene rings is 1. The van der Waals surface area contributed by atoms with Crippen LogP contribution >= 0.6 is 22.9 Å². The first-order valence-corrected chi connectivity index (χ1v) is 8.38. The van der Waals surface area contributed by atoms with Crippen molar-refractivity contribution in [2.45, 2.75) is 29.5 Å². The van der Waals surface area contributed by atoms with E-state index in [1.165, 1.54) is 0 Å². The topological polar surface area (TPSA) is 113 Å². The largest absolute Gasteiger partial charge is 0.300 e. The molecule has 1 aliphatic rings. The van der Waals surface area contributed by atoms with E-state index in [1.807, 2.05) is 0 Å². The minimum atomic E-state index is -3.89. The molecule has 0 spiro atoms. The van der Waals surface area contributed by atoms with E-state index in [-0.39, 0.29) is 14.5 Å². The molecular weight excluding hydrogens is 326 g/mol. The monoisotopic (exact) mass is 335 g/mol. The van der Waals surface area contributed by atoms with Gasteiger partial charge in [0.05, 0.1) is 16.9 Å². The number of nitrogens with one attached hydrogen (secondary N) is 1. The maximum absolute atomic E-state index is 12.1. The standard InChI is InChI=1S/C10H10ClN3O4S2/c11-10-8(14(15)16)4-9(19-10)20(17,18)13-7-3-1-2-6(7)5-12/h4,6-7,13H,1-3H2. The van der Waals surface area contributed by atoms with Crippen molar-refractivity contribution in [2.75, 3.05) is 0 Å². The summed E-state index contributed by atoms with van der Waals surface area (Å²) in [6.07, 6.45) is 2.00. The lowest BCUT2D eigenvalue weighted by Crippen LogP contribution is -2.36. The summed E-state index contributed by atoms with van der Waals surface area (Å²) in [5, 5.41) is 19.6. The first kappa shape index (κ1) is 15.2. The summed E-state index contributed by atoms with van der Waals surface area (Å²) in [6, 6.07) is 2.55. The molecule has 10 heteroatoms. The van der Waals surface area contributed by atoms with Crippen LogP contribution in [0.5, 0.6) is 0 Å². The van der Waals surface area contributed by atoms with Crippen LogP contribution in [0.4, 0.5) is 5.69 Å². The van der Waals surface area contributed by atoms with Gasteiger partial charge in [-0.2, -0.15) is 5.26 Å². The van der Waals surface area contributed by atoms with Crippen molar-refractivity contribution >= 4 is 38.6 Å². The second-order valence-corrected chi connectivity index (χ2v) is 7.97. The Labute approximate surface area is 124 Å². The first-order valence-electron chi connectivity index (χ1n) is 5.71. The molecule has 1 fully saturated rings. The van der Waals surface area contributed by atoms with Gasteiger partial charge in [-0.25, -0.2) is 13.1 Å². The molecule has 1 saturated carbocycles. The van der Waals surface area contributed by atoms with Crippen LogP contribution < -0.4 is 4.72 Å². The van der Waals surface area contributed by atoms with Gasteiger partial charge in [0.15, 0.2) is 4.34 Å². The third kappa shape index (κ3) is 2.93. The molecule has 0 saturated heterocycles. The lowest BCUT2D eigenvalue weighted by Gasteiger charge is -2.14. The predicted molar refractivity (Wildman–Crippen MR) is 73.0 cm³/mol. The molecule has 0 bridgehead atoms. The van der Waals surface area contributed by atoms with Crippen molar-refractivity contribution in [3.8, 4) is 6.07 Å². The van der Waals surface area contributed by atoms with Crippen LogP contribution in [-0.2, 0) is 10.0 Å². The number of hydrogen-bond acceptors (Lipinski definition) is 6. The van der Waals surface area contributed by atoms with Gasteiger partial charge in [-0.05, 0) is 12.8 Å². The number of nitro groups is 1. The van der Waals surface area contributed by atoms with Crippen LogP contribution in [-0.4, -0.2) is 19.4 Å². The van der Waals surface area contributed by atoms with Crippen LogP contribution in [0.15, 0.2) is 10.3 Å². The lowest BCUT2D eigenvalue weighted by molar-refractivity contribution is -0.384. The average molecular weight is 336 g/mol. The molecule has 1 N–H and O–H groups in total. The van der Waals surface area contributed by atoms with Crippen LogP contribution in [0.3, 0.4) is 0 Å². The van der Waals surface area contributed by atoms with Gasteiger partial charge in [0.1, 0.15) is 4.21 Å². The fourth-order valence-electron chi connectivity index (χ4n) is 2.11. The van der Waals surface area contributed by atoms with E-state index in [4.69, 9.17) is 16.9 Å². The zero-order valence-electron chi connectivity index (χ0n) is 10.1. The van der Waals surface area contributed by atoms with E-state index in [1.54, 1.807) is 0 Å². The van der Waals surface area contributed by atoms with Crippen molar-refractivity contribution in [1.29, 1.82) is 5.26 Å². The molecule has 0 aromatic carbocycles. The average Bonchev–Trinajstić information content (AvgIpc) is 2.95. The summed E-state index contributed by atoms with van der Waals surface area (Å²) < 4.78 is 26.3. The maximum atomic E-state index is 12.1. The highest BCUT2D eigenvalue weighted by Gasteiger charge is 2.33. The molecule has 2 unspecified atom stereocenters. The highest BCUT2D eigenvalue weighted by Crippen LogP contribution is 2.37. The Bertz CT molecular complexity index is 679. The molecule has 0 radical (unpaired) electrons. The van der Waals surface area contributed by atoms with E-state index < -0.39 is 26.7 Å². The Kier molecular flexibility index (Phi) is 4.29. The van der Waals surface area contributed by atoms with Crippen LogP contribution in [0.2, 0.25) is 4.34 Å². The molecule has 7 nitrogen and oxygen atoms in total. The van der Waals surface area contributed by atoms with Gasteiger partial charge in [0, 0.05) is 12.1 Å². The van der Waals surface area contributed by atoms with Gasteiger partial charge in [-0.3, -0.25) is 10.1 Å². The molecule has 108 valence electrons. The summed E-state index contributed by atoms with van der Waals surface area (Å²) in [7, 11) is -3.89. The highest BCUT2D eigenvalue weighted by molar-refractivity contribution is 7.91. The molecule has 1 aliphatic carbocycles. The molecule has 20 heavy (non-hydrogen) atoms. The normalized spacial score (nSPS) is 22.6. The quantitative estimate of drug-likeness (QED) is 0.669. The second kappa shape index (κ2) is 5.65. The van der Waals surface area contributed by atoms with Crippen molar-refractivity contribution in [3.63, 3.8) is 0 Å². The van der Waals surface area contributed by atoms with Gasteiger partial charge in [-0.1, -0.05) is 18.0 Å². The Morgan fingerprint density at radius 1 is 1.55 bits per heavy atom. The van der Waals surface area contributed by atoms with Crippen molar-refractivity contribution in [3.05, 3.63) is 20.5 Å². The predicted octanol–water partition coefficient (Wildman–Crippen LogP) is 2.28. The molecule has 1 aromatic rings. The third-order valence-corrected chi connectivity index (χ3v) is 6.40. The molecule has 0 aliphatic heterocycles. The van der Waals surface area contributed by atoms with Gasteiger partial charge < -0.3 is 0 Å². The molecule has 0 amide bonds. The molecule has 1 aromatic heterocycles. The van der Waals surface area contributed by atoms with Gasteiger partial charge in [0.25, 0.3) is 15.7 Å². The Hall–Kier alpha value is -1.21. The van der Waals surface area contributed by atoms with E-state index in [0.29, 0.717) is 24.2 Å². The Morgan fingerprint density at radius 3 is 2.80 bits per heavy atom. The Morgan fingerprint density at radius 2 is 2.25 bits per heavy atom. The van der Waals surface area contributed by atoms with Crippen molar-refractivity contribution in [2.24, 2.45) is 5.92 Å². The van der Waals surface area contributed by atoms with E-state index in [2.05, 4.69) is 10.8 Å². The summed E-state index contributed by atoms with van der Waals surface area (Å²) in [4.78, 5) is 9.94. The Balaban J connectivity index is 2.25. The molecule has 2 rings (SSSR count). The summed E-state index contributed by atoms with van der Waals surface area (Å²) in [5.74, 6) is -0.366.